The van der Waals surface area contributed by atoms with Crippen LogP contribution in [-0.2, 0) is 4.79 Å². The number of unbranched alkanes of at least 4 members (excludes halogenated alkanes) is 13. The Morgan fingerprint density at radius 1 is 0.868 bits per heavy atom. The number of rotatable bonds is 26. The number of allylic oxidation sites excluding steroid dienone is 2. The molecule has 38 heavy (non-hydrogen) atoms. The van der Waals surface area contributed by atoms with Crippen LogP contribution in [0, 0.1) is 5.92 Å². The maximum absolute atomic E-state index is 12.9. The van der Waals surface area contributed by atoms with Gasteiger partial charge in [0.15, 0.2) is 0 Å². The minimum Gasteiger partial charge on any atom is -0.330 e. The number of hydrogen-bond donors (Lipinski definition) is 1. The van der Waals surface area contributed by atoms with Crippen molar-refractivity contribution < 1.29 is 9.59 Å². The summed E-state index contributed by atoms with van der Waals surface area (Å²) in [6.45, 7) is 11.2. The number of carbonyl (C=O) groups excluding carboxylic acids is 2. The zero-order valence-corrected chi connectivity index (χ0v) is 25.2. The third-order valence-corrected chi connectivity index (χ3v) is 7.77. The summed E-state index contributed by atoms with van der Waals surface area (Å²) in [5.41, 5.74) is 6.59. The standard InChI is InChI=1S/C33H61N3O2/c1-4-6-8-9-10-11-12-13-14-15-16-17-18-19-20-24-32(37)27-31(23-21-22-25-34)29-35-28-30(3)36(33(35)38)26-7-5-2/h13-14,31H,3-12,15-29,34H2,1-2H3/b14-13+. The fourth-order valence-electron chi connectivity index (χ4n) is 5.36. The van der Waals surface area contributed by atoms with E-state index in [1.165, 1.54) is 70.6 Å². The predicted octanol–water partition coefficient (Wildman–Crippen LogP) is 8.78. The van der Waals surface area contributed by atoms with Crippen LogP contribution in [0.2, 0.25) is 0 Å². The monoisotopic (exact) mass is 531 g/mol. The van der Waals surface area contributed by atoms with Gasteiger partial charge in [-0.05, 0) is 63.8 Å². The summed E-state index contributed by atoms with van der Waals surface area (Å²) in [6, 6.07) is 0.0666. The fraction of sp³-hybridized carbons (Fsp3) is 0.818. The maximum atomic E-state index is 12.9. The second kappa shape index (κ2) is 23.3. The molecule has 1 aliphatic rings. The molecule has 0 aliphatic carbocycles. The van der Waals surface area contributed by atoms with Crippen LogP contribution in [0.4, 0.5) is 4.79 Å². The molecule has 5 nitrogen and oxygen atoms in total. The minimum absolute atomic E-state index is 0.0666. The van der Waals surface area contributed by atoms with Gasteiger partial charge in [-0.2, -0.15) is 0 Å². The summed E-state index contributed by atoms with van der Waals surface area (Å²) in [6.07, 6.45) is 27.5. The zero-order valence-electron chi connectivity index (χ0n) is 25.2. The van der Waals surface area contributed by atoms with Crippen molar-refractivity contribution in [1.29, 1.82) is 0 Å². The lowest BCUT2D eigenvalue weighted by atomic mass is 9.93. The molecule has 0 spiro atoms. The lowest BCUT2D eigenvalue weighted by Crippen LogP contribution is -2.36. The highest BCUT2D eigenvalue weighted by molar-refractivity contribution is 5.80. The summed E-state index contributed by atoms with van der Waals surface area (Å²) in [4.78, 5) is 29.4. The molecule has 1 rings (SSSR count). The molecule has 0 aromatic rings. The molecule has 5 heteroatoms. The van der Waals surface area contributed by atoms with E-state index in [2.05, 4.69) is 32.6 Å². The lowest BCUT2D eigenvalue weighted by Gasteiger charge is -2.23. The third kappa shape index (κ3) is 16.4. The number of nitrogens with two attached hydrogens (primary N) is 1. The molecular weight excluding hydrogens is 470 g/mol. The van der Waals surface area contributed by atoms with Crippen LogP contribution in [0.5, 0.6) is 0 Å². The zero-order chi connectivity index (χ0) is 27.8. The first-order valence-corrected chi connectivity index (χ1v) is 16.1. The van der Waals surface area contributed by atoms with Gasteiger partial charge >= 0.3 is 6.03 Å². The first kappa shape index (κ1) is 34.4. The van der Waals surface area contributed by atoms with Gasteiger partial charge in [-0.15, -0.1) is 0 Å². The topological polar surface area (TPSA) is 66.6 Å². The second-order valence-corrected chi connectivity index (χ2v) is 11.5. The number of ketones is 1. The van der Waals surface area contributed by atoms with Crippen LogP contribution in [0.1, 0.15) is 142 Å². The summed E-state index contributed by atoms with van der Waals surface area (Å²) in [7, 11) is 0. The fourth-order valence-corrected chi connectivity index (χ4v) is 5.36. The van der Waals surface area contributed by atoms with Gasteiger partial charge in [0.2, 0.25) is 0 Å². The van der Waals surface area contributed by atoms with E-state index < -0.39 is 0 Å². The molecule has 2 N–H and O–H groups in total. The molecule has 0 aromatic carbocycles. The Morgan fingerprint density at radius 2 is 1.47 bits per heavy atom. The van der Waals surface area contributed by atoms with E-state index in [0.717, 1.165) is 57.2 Å². The van der Waals surface area contributed by atoms with Gasteiger partial charge in [-0.1, -0.05) is 96.8 Å². The van der Waals surface area contributed by atoms with E-state index in [9.17, 15) is 9.59 Å². The Morgan fingerprint density at radius 3 is 2.11 bits per heavy atom. The van der Waals surface area contributed by atoms with Gasteiger partial charge in [-0.3, -0.25) is 9.69 Å². The van der Waals surface area contributed by atoms with E-state index in [-0.39, 0.29) is 11.9 Å². The van der Waals surface area contributed by atoms with Crippen LogP contribution in [0.15, 0.2) is 24.4 Å². The van der Waals surface area contributed by atoms with Gasteiger partial charge in [0.05, 0.1) is 6.54 Å². The molecule has 1 heterocycles. The highest BCUT2D eigenvalue weighted by Gasteiger charge is 2.32. The summed E-state index contributed by atoms with van der Waals surface area (Å²) in [5.74, 6) is 0.578. The SMILES string of the molecule is C=C1CN(CC(CCCCN)CC(=O)CCCCCCC/C=C/CCCCCCCC)C(=O)N1CCCC. The number of Topliss-reactive ketones (excluding diaryl/α,β-unsaturated/α-hetero) is 1. The average molecular weight is 532 g/mol. The first-order valence-electron chi connectivity index (χ1n) is 16.1. The van der Waals surface area contributed by atoms with Crippen molar-refractivity contribution in [3.63, 3.8) is 0 Å². The van der Waals surface area contributed by atoms with E-state index >= 15 is 0 Å². The average Bonchev–Trinajstić information content (AvgIpc) is 3.16. The maximum Gasteiger partial charge on any atom is 0.324 e. The van der Waals surface area contributed by atoms with E-state index in [0.29, 0.717) is 38.3 Å². The van der Waals surface area contributed by atoms with Crippen molar-refractivity contribution in [2.45, 2.75) is 142 Å². The highest BCUT2D eigenvalue weighted by atomic mass is 16.2. The van der Waals surface area contributed by atoms with Crippen LogP contribution in [-0.4, -0.2) is 47.8 Å². The summed E-state index contributed by atoms with van der Waals surface area (Å²) >= 11 is 0. The van der Waals surface area contributed by atoms with Gasteiger partial charge < -0.3 is 10.6 Å². The first-order chi connectivity index (χ1) is 18.5. The normalized spacial score (nSPS) is 14.8. The second-order valence-electron chi connectivity index (χ2n) is 11.5. The van der Waals surface area contributed by atoms with Gasteiger partial charge in [-0.25, -0.2) is 4.79 Å². The molecule has 1 fully saturated rings. The largest absolute Gasteiger partial charge is 0.330 e. The molecule has 0 bridgehead atoms. The number of carbonyl (C=O) groups is 2. The van der Waals surface area contributed by atoms with Crippen molar-refractivity contribution in [1.82, 2.24) is 9.80 Å². The van der Waals surface area contributed by atoms with Crippen LogP contribution in [0.3, 0.4) is 0 Å². The van der Waals surface area contributed by atoms with Gasteiger partial charge in [0.25, 0.3) is 0 Å². The molecule has 0 radical (unpaired) electrons. The number of nitrogens with zero attached hydrogens (tertiary/aromatic N) is 2. The van der Waals surface area contributed by atoms with Gasteiger partial charge in [0, 0.05) is 31.6 Å². The summed E-state index contributed by atoms with van der Waals surface area (Å²) < 4.78 is 0. The van der Waals surface area contributed by atoms with E-state index in [1.807, 2.05) is 9.80 Å². The molecule has 1 unspecified atom stereocenters. The molecule has 0 aromatic heterocycles. The van der Waals surface area contributed by atoms with Crippen molar-refractivity contribution in [3.8, 4) is 0 Å². The van der Waals surface area contributed by atoms with E-state index in [4.69, 9.17) is 5.73 Å². The van der Waals surface area contributed by atoms with Crippen LogP contribution < -0.4 is 5.73 Å². The smallest absolute Gasteiger partial charge is 0.324 e. The number of urea groups is 1. The molecule has 2 amide bonds. The number of amides is 2. The van der Waals surface area contributed by atoms with Crippen molar-refractivity contribution >= 4 is 11.8 Å². The molecule has 1 aliphatic heterocycles. The molecular formula is C33H61N3O2. The quantitative estimate of drug-likeness (QED) is 0.0896. The Bertz CT molecular complexity index is 661. The minimum atomic E-state index is 0.0666. The predicted molar refractivity (Wildman–Crippen MR) is 163 cm³/mol. The molecule has 0 saturated carbocycles. The van der Waals surface area contributed by atoms with Crippen LogP contribution >= 0.6 is 0 Å². The third-order valence-electron chi connectivity index (χ3n) is 7.77. The molecule has 1 atom stereocenters. The lowest BCUT2D eigenvalue weighted by molar-refractivity contribution is -0.120. The van der Waals surface area contributed by atoms with Crippen molar-refractivity contribution in [2.75, 3.05) is 26.2 Å². The van der Waals surface area contributed by atoms with Crippen LogP contribution in [0.25, 0.3) is 0 Å². The highest BCUT2D eigenvalue weighted by Crippen LogP contribution is 2.24. The number of hydrogen-bond acceptors (Lipinski definition) is 3. The van der Waals surface area contributed by atoms with Gasteiger partial charge in [0.1, 0.15) is 5.78 Å². The van der Waals surface area contributed by atoms with Crippen molar-refractivity contribution in [3.05, 3.63) is 24.4 Å². The Labute approximate surface area is 235 Å². The van der Waals surface area contributed by atoms with E-state index in [1.54, 1.807) is 0 Å². The molecule has 1 saturated heterocycles. The summed E-state index contributed by atoms with van der Waals surface area (Å²) in [5, 5.41) is 0. The Kier molecular flexibility index (Phi) is 21.1. The molecule has 220 valence electrons. The Balaban J connectivity index is 2.21. The Hall–Kier alpha value is -1.62. The van der Waals surface area contributed by atoms with Crippen molar-refractivity contribution in [2.24, 2.45) is 11.7 Å².